The third-order valence-corrected chi connectivity index (χ3v) is 5.98. The molecule has 1 aromatic heterocycles. The van der Waals surface area contributed by atoms with Crippen molar-refractivity contribution in [1.29, 1.82) is 0 Å². The average molecular weight is 478 g/mol. The predicted molar refractivity (Wildman–Crippen MR) is 120 cm³/mol. The summed E-state index contributed by atoms with van der Waals surface area (Å²) in [4.78, 5) is 25.8. The summed E-state index contributed by atoms with van der Waals surface area (Å²) in [5.74, 6) is 0.0172. The third kappa shape index (κ3) is 6.38. The molecule has 10 heteroatoms. The summed E-state index contributed by atoms with van der Waals surface area (Å²) in [6, 6.07) is 11.4. The third-order valence-electron chi connectivity index (χ3n) is 4.88. The molecule has 6 nitrogen and oxygen atoms in total. The molecular formula is C23H22F3N3O3S. The maximum absolute atomic E-state index is 13.0. The normalized spacial score (nSPS) is 11.3. The quantitative estimate of drug-likeness (QED) is 0.443. The monoisotopic (exact) mass is 477 g/mol. The van der Waals surface area contributed by atoms with Crippen molar-refractivity contribution >= 4 is 29.3 Å². The van der Waals surface area contributed by atoms with Crippen molar-refractivity contribution in [2.45, 2.75) is 37.6 Å². The molecule has 2 aromatic carbocycles. The Labute approximate surface area is 192 Å². The van der Waals surface area contributed by atoms with Crippen LogP contribution in [0.15, 0.2) is 51.9 Å². The summed E-state index contributed by atoms with van der Waals surface area (Å²) < 4.78 is 42.3. The molecule has 2 N–H and O–H groups in total. The topological polar surface area (TPSA) is 84.2 Å². The zero-order valence-corrected chi connectivity index (χ0v) is 19.0. The van der Waals surface area contributed by atoms with Gasteiger partial charge >= 0.3 is 6.18 Å². The van der Waals surface area contributed by atoms with E-state index in [-0.39, 0.29) is 5.56 Å². The fourth-order valence-electron chi connectivity index (χ4n) is 3.01. The van der Waals surface area contributed by atoms with Gasteiger partial charge < -0.3 is 15.2 Å². The van der Waals surface area contributed by atoms with Gasteiger partial charge in [-0.05, 0) is 50.6 Å². The molecular weight excluding hydrogens is 455 g/mol. The molecule has 0 atom stereocenters. The minimum atomic E-state index is -4.51. The van der Waals surface area contributed by atoms with E-state index in [1.807, 2.05) is 31.3 Å². The number of nitrogens with zero attached hydrogens (tertiary/aromatic N) is 1. The van der Waals surface area contributed by atoms with Gasteiger partial charge in [0.1, 0.15) is 12.3 Å². The lowest BCUT2D eigenvalue weighted by atomic mass is 10.1. The van der Waals surface area contributed by atoms with Crippen LogP contribution in [0.25, 0.3) is 0 Å². The number of aromatic nitrogens is 1. The van der Waals surface area contributed by atoms with Gasteiger partial charge in [-0.15, -0.1) is 11.8 Å². The molecule has 0 bridgehead atoms. The molecule has 0 spiro atoms. The summed E-state index contributed by atoms with van der Waals surface area (Å²) in [6.07, 6.45) is -4.51. The van der Waals surface area contributed by atoms with E-state index in [9.17, 15) is 22.8 Å². The zero-order chi connectivity index (χ0) is 24.2. The van der Waals surface area contributed by atoms with E-state index in [1.54, 1.807) is 25.1 Å². The number of rotatable bonds is 7. The smallest absolute Gasteiger partial charge is 0.361 e. The summed E-state index contributed by atoms with van der Waals surface area (Å²) in [5.41, 5.74) is 3.20. The van der Waals surface area contributed by atoms with Crippen LogP contribution in [0.2, 0.25) is 0 Å². The number of alkyl halides is 3. The minimum absolute atomic E-state index is 0.0150. The molecule has 0 aliphatic rings. The van der Waals surface area contributed by atoms with Crippen LogP contribution in [-0.4, -0.2) is 29.7 Å². The molecule has 0 radical (unpaired) electrons. The Bertz CT molecular complexity index is 1160. The maximum Gasteiger partial charge on any atom is 0.405 e. The van der Waals surface area contributed by atoms with Gasteiger partial charge in [-0.1, -0.05) is 23.4 Å². The SMILES string of the molecule is Cc1ccc(C(=O)NCC(F)(F)F)cc1NC(=O)c1ccccc1SCc1c(C)noc1C. The van der Waals surface area contributed by atoms with Crippen LogP contribution in [0.5, 0.6) is 0 Å². The highest BCUT2D eigenvalue weighted by Gasteiger charge is 2.28. The van der Waals surface area contributed by atoms with Gasteiger partial charge in [0.2, 0.25) is 0 Å². The van der Waals surface area contributed by atoms with E-state index in [4.69, 9.17) is 4.52 Å². The highest BCUT2D eigenvalue weighted by molar-refractivity contribution is 7.98. The first kappa shape index (κ1) is 24.4. The van der Waals surface area contributed by atoms with Crippen molar-refractivity contribution in [3.05, 3.63) is 76.2 Å². The van der Waals surface area contributed by atoms with Gasteiger partial charge in [-0.25, -0.2) is 0 Å². The number of hydrogen-bond acceptors (Lipinski definition) is 5. The lowest BCUT2D eigenvalue weighted by Gasteiger charge is -2.13. The van der Waals surface area contributed by atoms with Gasteiger partial charge in [-0.2, -0.15) is 13.2 Å². The van der Waals surface area contributed by atoms with Crippen LogP contribution in [0.1, 0.15) is 43.3 Å². The second kappa shape index (κ2) is 10.1. The molecule has 3 rings (SSSR count). The predicted octanol–water partition coefficient (Wildman–Crippen LogP) is 5.44. The van der Waals surface area contributed by atoms with Gasteiger partial charge in [0.25, 0.3) is 11.8 Å². The number of halogens is 3. The molecule has 0 aliphatic carbocycles. The van der Waals surface area contributed by atoms with E-state index < -0.39 is 24.5 Å². The van der Waals surface area contributed by atoms with E-state index in [1.165, 1.54) is 23.9 Å². The van der Waals surface area contributed by atoms with Crippen LogP contribution in [0.4, 0.5) is 18.9 Å². The molecule has 33 heavy (non-hydrogen) atoms. The number of carbonyl (C=O) groups excluding carboxylic acids is 2. The number of anilines is 1. The number of benzene rings is 2. The number of amides is 2. The fraction of sp³-hybridized carbons (Fsp3) is 0.261. The molecule has 0 saturated carbocycles. The maximum atomic E-state index is 13.0. The van der Waals surface area contributed by atoms with E-state index in [2.05, 4.69) is 10.5 Å². The van der Waals surface area contributed by atoms with E-state index in [0.29, 0.717) is 22.6 Å². The van der Waals surface area contributed by atoms with Gasteiger partial charge in [0.15, 0.2) is 0 Å². The second-order valence-electron chi connectivity index (χ2n) is 7.37. The zero-order valence-electron chi connectivity index (χ0n) is 18.2. The number of hydrogen-bond donors (Lipinski definition) is 2. The second-order valence-corrected chi connectivity index (χ2v) is 8.39. The lowest BCUT2D eigenvalue weighted by Crippen LogP contribution is -2.33. The molecule has 0 saturated heterocycles. The largest absolute Gasteiger partial charge is 0.405 e. The highest BCUT2D eigenvalue weighted by atomic mass is 32.2. The molecule has 1 heterocycles. The van der Waals surface area contributed by atoms with Crippen LogP contribution in [0, 0.1) is 20.8 Å². The minimum Gasteiger partial charge on any atom is -0.361 e. The number of nitrogens with one attached hydrogen (secondary N) is 2. The lowest BCUT2D eigenvalue weighted by molar-refractivity contribution is -0.123. The Balaban J connectivity index is 1.76. The summed E-state index contributed by atoms with van der Waals surface area (Å²) in [6.45, 7) is 3.98. The molecule has 0 unspecified atom stereocenters. The number of aryl methyl sites for hydroxylation is 3. The van der Waals surface area contributed by atoms with Crippen molar-refractivity contribution in [1.82, 2.24) is 10.5 Å². The fourth-order valence-corrected chi connectivity index (χ4v) is 4.21. The van der Waals surface area contributed by atoms with Crippen molar-refractivity contribution in [3.63, 3.8) is 0 Å². The summed E-state index contributed by atoms with van der Waals surface area (Å²) in [5, 5.41) is 8.53. The Hall–Kier alpha value is -3.27. The molecule has 0 aliphatic heterocycles. The molecule has 174 valence electrons. The average Bonchev–Trinajstić information content (AvgIpc) is 3.09. The summed E-state index contributed by atoms with van der Waals surface area (Å²) >= 11 is 1.46. The van der Waals surface area contributed by atoms with Crippen molar-refractivity contribution in [2.24, 2.45) is 0 Å². The molecule has 0 fully saturated rings. The number of carbonyl (C=O) groups is 2. The first-order valence-corrected chi connectivity index (χ1v) is 10.9. The van der Waals surface area contributed by atoms with Crippen LogP contribution < -0.4 is 10.6 Å². The van der Waals surface area contributed by atoms with Crippen LogP contribution in [0.3, 0.4) is 0 Å². The van der Waals surface area contributed by atoms with Crippen LogP contribution in [-0.2, 0) is 5.75 Å². The Kier molecular flexibility index (Phi) is 7.47. The van der Waals surface area contributed by atoms with Gasteiger partial charge in [0, 0.05) is 27.5 Å². The van der Waals surface area contributed by atoms with Crippen molar-refractivity contribution in [2.75, 3.05) is 11.9 Å². The summed E-state index contributed by atoms with van der Waals surface area (Å²) in [7, 11) is 0. The van der Waals surface area contributed by atoms with Crippen LogP contribution >= 0.6 is 11.8 Å². The standard InChI is InChI=1S/C23H22F3N3O3S/c1-13-8-9-16(21(30)27-12-23(24,25)26)10-19(13)28-22(31)17-6-4-5-7-20(17)33-11-18-14(2)29-32-15(18)3/h4-10H,11-12H2,1-3H3,(H,27,30)(H,28,31). The first-order valence-electron chi connectivity index (χ1n) is 9.95. The van der Waals surface area contributed by atoms with Gasteiger partial charge in [0.05, 0.1) is 11.3 Å². The highest BCUT2D eigenvalue weighted by Crippen LogP contribution is 2.29. The van der Waals surface area contributed by atoms with Crippen molar-refractivity contribution in [3.8, 4) is 0 Å². The Morgan fingerprint density at radius 2 is 1.79 bits per heavy atom. The van der Waals surface area contributed by atoms with E-state index >= 15 is 0 Å². The van der Waals surface area contributed by atoms with E-state index in [0.717, 1.165) is 21.9 Å². The number of thioether (sulfide) groups is 1. The van der Waals surface area contributed by atoms with Crippen molar-refractivity contribution < 1.29 is 27.3 Å². The molecule has 3 aromatic rings. The van der Waals surface area contributed by atoms with Gasteiger partial charge in [-0.3, -0.25) is 9.59 Å². The molecule has 2 amide bonds. The Morgan fingerprint density at radius 1 is 1.06 bits per heavy atom. The first-order chi connectivity index (χ1) is 15.5. The Morgan fingerprint density at radius 3 is 2.45 bits per heavy atom.